The predicted molar refractivity (Wildman–Crippen MR) is 103 cm³/mol. The first-order valence-corrected chi connectivity index (χ1v) is 10.5. The van der Waals surface area contributed by atoms with Crippen LogP contribution < -0.4 is 9.64 Å². The summed E-state index contributed by atoms with van der Waals surface area (Å²) in [6, 6.07) is 15.3. The molecule has 2 aromatic rings. The molecule has 142 valence electrons. The van der Waals surface area contributed by atoms with Gasteiger partial charge in [0.2, 0.25) is 0 Å². The van der Waals surface area contributed by atoms with Crippen molar-refractivity contribution in [2.75, 3.05) is 23.0 Å². The van der Waals surface area contributed by atoms with E-state index in [1.54, 1.807) is 48.5 Å². The highest BCUT2D eigenvalue weighted by atomic mass is 32.2. The van der Waals surface area contributed by atoms with Crippen molar-refractivity contribution in [1.29, 1.82) is 0 Å². The number of carbonyl (C=O) groups is 2. The maximum absolute atomic E-state index is 12.9. The zero-order chi connectivity index (χ0) is 19.4. The summed E-state index contributed by atoms with van der Waals surface area (Å²) in [5.74, 6) is -0.146. The van der Waals surface area contributed by atoms with E-state index >= 15 is 0 Å². The van der Waals surface area contributed by atoms with Crippen molar-refractivity contribution < 1.29 is 22.7 Å². The summed E-state index contributed by atoms with van der Waals surface area (Å²) in [6.07, 6.45) is 0.396. The third-order valence-electron chi connectivity index (χ3n) is 4.49. The first-order chi connectivity index (χ1) is 12.9. The summed E-state index contributed by atoms with van der Waals surface area (Å²) < 4.78 is 29.4. The van der Waals surface area contributed by atoms with Gasteiger partial charge < -0.3 is 9.64 Å². The molecule has 0 saturated carbocycles. The van der Waals surface area contributed by atoms with Crippen molar-refractivity contribution in [3.8, 4) is 5.75 Å². The number of amides is 1. The molecule has 1 saturated heterocycles. The van der Waals surface area contributed by atoms with Crippen LogP contribution in [0, 0.1) is 0 Å². The molecule has 7 heteroatoms. The molecule has 1 aliphatic heterocycles. The van der Waals surface area contributed by atoms with Crippen molar-refractivity contribution in [3.63, 3.8) is 0 Å². The molecule has 0 unspecified atom stereocenters. The van der Waals surface area contributed by atoms with Crippen LogP contribution in [0.2, 0.25) is 0 Å². The summed E-state index contributed by atoms with van der Waals surface area (Å²) in [5, 5.41) is 0. The van der Waals surface area contributed by atoms with Gasteiger partial charge in [0.05, 0.1) is 23.1 Å². The third-order valence-corrected chi connectivity index (χ3v) is 6.24. The van der Waals surface area contributed by atoms with Gasteiger partial charge in [-0.1, -0.05) is 30.3 Å². The molecule has 0 aliphatic carbocycles. The monoisotopic (exact) mass is 387 g/mol. The minimum absolute atomic E-state index is 0.0579. The molecule has 0 spiro atoms. The molecule has 2 aromatic carbocycles. The number of sulfone groups is 1. The zero-order valence-corrected chi connectivity index (χ0v) is 15.8. The molecule has 1 heterocycles. The highest BCUT2D eigenvalue weighted by molar-refractivity contribution is 7.91. The van der Waals surface area contributed by atoms with Gasteiger partial charge in [0.15, 0.2) is 22.2 Å². The van der Waals surface area contributed by atoms with Gasteiger partial charge >= 0.3 is 0 Å². The Bertz CT molecular complexity index is 940. The van der Waals surface area contributed by atoms with Crippen LogP contribution in [0.5, 0.6) is 5.75 Å². The van der Waals surface area contributed by atoms with Gasteiger partial charge in [-0.15, -0.1) is 0 Å². The highest BCUT2D eigenvalue weighted by Crippen LogP contribution is 2.25. The number of ketones is 1. The van der Waals surface area contributed by atoms with E-state index < -0.39 is 15.9 Å². The summed E-state index contributed by atoms with van der Waals surface area (Å²) >= 11 is 0. The van der Waals surface area contributed by atoms with E-state index in [-0.39, 0.29) is 29.8 Å². The zero-order valence-electron chi connectivity index (χ0n) is 15.0. The van der Waals surface area contributed by atoms with E-state index in [2.05, 4.69) is 0 Å². The molecular weight excluding hydrogens is 366 g/mol. The molecule has 6 nitrogen and oxygen atoms in total. The Balaban J connectivity index is 1.81. The maximum atomic E-state index is 12.9. The van der Waals surface area contributed by atoms with E-state index in [0.717, 1.165) is 0 Å². The van der Waals surface area contributed by atoms with E-state index in [1.165, 1.54) is 11.8 Å². The molecule has 0 N–H and O–H groups in total. The number of rotatable bonds is 6. The van der Waals surface area contributed by atoms with Crippen LogP contribution in [-0.4, -0.2) is 44.3 Å². The van der Waals surface area contributed by atoms with Gasteiger partial charge in [0, 0.05) is 5.69 Å². The fourth-order valence-electron chi connectivity index (χ4n) is 3.22. The second-order valence-corrected chi connectivity index (χ2v) is 8.73. The van der Waals surface area contributed by atoms with Gasteiger partial charge in [0.25, 0.3) is 5.91 Å². The first-order valence-electron chi connectivity index (χ1n) is 8.68. The lowest BCUT2D eigenvalue weighted by Crippen LogP contribution is -2.43. The number of nitrogens with zero attached hydrogens (tertiary/aromatic N) is 1. The fourth-order valence-corrected chi connectivity index (χ4v) is 4.92. The number of carbonyl (C=O) groups excluding carboxylic acids is 2. The van der Waals surface area contributed by atoms with E-state index in [4.69, 9.17) is 4.74 Å². The van der Waals surface area contributed by atoms with E-state index in [1.807, 2.05) is 6.07 Å². The average Bonchev–Trinajstić information content (AvgIpc) is 3.00. The van der Waals surface area contributed by atoms with Gasteiger partial charge in [0.1, 0.15) is 5.75 Å². The van der Waals surface area contributed by atoms with Crippen LogP contribution >= 0.6 is 0 Å². The van der Waals surface area contributed by atoms with Crippen LogP contribution in [0.25, 0.3) is 0 Å². The average molecular weight is 387 g/mol. The lowest BCUT2D eigenvalue weighted by molar-refractivity contribution is -0.121. The Hall–Kier alpha value is -2.67. The van der Waals surface area contributed by atoms with Gasteiger partial charge in [-0.3, -0.25) is 9.59 Å². The lowest BCUT2D eigenvalue weighted by Gasteiger charge is -2.28. The normalized spacial score (nSPS) is 18.0. The summed E-state index contributed by atoms with van der Waals surface area (Å²) in [7, 11) is -3.15. The number of para-hydroxylation sites is 2. The van der Waals surface area contributed by atoms with Crippen molar-refractivity contribution >= 4 is 27.2 Å². The number of ether oxygens (including phenoxy) is 1. The first kappa shape index (κ1) is 19.1. The highest BCUT2D eigenvalue weighted by Gasteiger charge is 2.35. The van der Waals surface area contributed by atoms with E-state index in [0.29, 0.717) is 23.4 Å². The Morgan fingerprint density at radius 2 is 1.74 bits per heavy atom. The Labute approximate surface area is 158 Å². The predicted octanol–water partition coefficient (Wildman–Crippen LogP) is 2.49. The van der Waals surface area contributed by atoms with Crippen LogP contribution in [0.4, 0.5) is 5.69 Å². The minimum atomic E-state index is -3.15. The van der Waals surface area contributed by atoms with Crippen molar-refractivity contribution in [3.05, 3.63) is 60.2 Å². The molecule has 27 heavy (non-hydrogen) atoms. The molecule has 0 bridgehead atoms. The minimum Gasteiger partial charge on any atom is -0.483 e. The molecule has 1 aliphatic rings. The van der Waals surface area contributed by atoms with Gasteiger partial charge in [-0.05, 0) is 37.6 Å². The van der Waals surface area contributed by atoms with Crippen LogP contribution in [-0.2, 0) is 14.6 Å². The second kappa shape index (κ2) is 7.92. The molecule has 3 rings (SSSR count). The van der Waals surface area contributed by atoms with Crippen LogP contribution in [0.15, 0.2) is 54.6 Å². The standard InChI is InChI=1S/C20H21NO5S/c1-15(22)18-9-5-6-10-19(18)26-13-20(23)21(16-7-3-2-4-8-16)17-11-12-27(24,25)14-17/h2-10,17H,11-14H2,1H3/t17-/m1/s1. The second-order valence-electron chi connectivity index (χ2n) is 6.50. The van der Waals surface area contributed by atoms with Crippen LogP contribution in [0.3, 0.4) is 0 Å². The fraction of sp³-hybridized carbons (Fsp3) is 0.300. The van der Waals surface area contributed by atoms with E-state index in [9.17, 15) is 18.0 Å². The Morgan fingerprint density at radius 3 is 2.37 bits per heavy atom. The number of anilines is 1. The van der Waals surface area contributed by atoms with Crippen molar-refractivity contribution in [1.82, 2.24) is 0 Å². The number of Topliss-reactive ketones (excluding diaryl/α,β-unsaturated/α-hetero) is 1. The third kappa shape index (κ3) is 4.54. The summed E-state index contributed by atoms with van der Waals surface area (Å²) in [5.41, 5.74) is 1.04. The molecule has 1 amide bonds. The van der Waals surface area contributed by atoms with Crippen molar-refractivity contribution in [2.45, 2.75) is 19.4 Å². The molecule has 1 atom stereocenters. The number of benzene rings is 2. The van der Waals surface area contributed by atoms with Crippen molar-refractivity contribution in [2.24, 2.45) is 0 Å². The largest absolute Gasteiger partial charge is 0.483 e. The SMILES string of the molecule is CC(=O)c1ccccc1OCC(=O)N(c1ccccc1)[C@@H]1CCS(=O)(=O)C1. The lowest BCUT2D eigenvalue weighted by atomic mass is 10.1. The molecular formula is C20H21NO5S. The summed E-state index contributed by atoms with van der Waals surface area (Å²) in [6.45, 7) is 1.15. The molecule has 0 aromatic heterocycles. The maximum Gasteiger partial charge on any atom is 0.265 e. The summed E-state index contributed by atoms with van der Waals surface area (Å²) in [4.78, 5) is 26.1. The quantitative estimate of drug-likeness (QED) is 0.712. The smallest absolute Gasteiger partial charge is 0.265 e. The Morgan fingerprint density at radius 1 is 1.07 bits per heavy atom. The number of hydrogen-bond donors (Lipinski definition) is 0. The molecule has 1 fully saturated rings. The Kier molecular flexibility index (Phi) is 5.60. The van der Waals surface area contributed by atoms with Crippen LogP contribution in [0.1, 0.15) is 23.7 Å². The van der Waals surface area contributed by atoms with Gasteiger partial charge in [-0.25, -0.2) is 8.42 Å². The topological polar surface area (TPSA) is 80.8 Å². The number of hydrogen-bond acceptors (Lipinski definition) is 5. The van der Waals surface area contributed by atoms with Gasteiger partial charge in [-0.2, -0.15) is 0 Å². The molecule has 0 radical (unpaired) electrons.